The lowest BCUT2D eigenvalue weighted by Gasteiger charge is -2.09. The molecular weight excluding hydrogens is 354 g/mol. The minimum absolute atomic E-state index is 0.0880. The molecule has 8 heteroatoms. The normalized spacial score (nSPS) is 13.8. The average Bonchev–Trinajstić information content (AvgIpc) is 3.25. The number of benzene rings is 1. The van der Waals surface area contributed by atoms with Gasteiger partial charge in [-0.25, -0.2) is 4.98 Å². The highest BCUT2D eigenvalue weighted by atomic mass is 32.2. The Bertz CT molecular complexity index is 886. The first-order valence-corrected chi connectivity index (χ1v) is 9.93. The van der Waals surface area contributed by atoms with E-state index in [0.29, 0.717) is 11.0 Å². The minimum Gasteiger partial charge on any atom is -0.301 e. The van der Waals surface area contributed by atoms with Crippen LogP contribution in [0.4, 0.5) is 5.13 Å². The van der Waals surface area contributed by atoms with Crippen molar-refractivity contribution in [3.05, 3.63) is 47.2 Å². The highest BCUT2D eigenvalue weighted by Gasteiger charge is 2.31. The molecule has 1 aliphatic carbocycles. The van der Waals surface area contributed by atoms with Gasteiger partial charge in [0.15, 0.2) is 10.3 Å². The molecule has 0 atom stereocenters. The summed E-state index contributed by atoms with van der Waals surface area (Å²) in [6.07, 6.45) is 2.30. The zero-order valence-electron chi connectivity index (χ0n) is 13.7. The molecule has 0 bridgehead atoms. The lowest BCUT2D eigenvalue weighted by atomic mass is 10.3. The first-order valence-electron chi connectivity index (χ1n) is 8.06. The van der Waals surface area contributed by atoms with Crippen LogP contribution in [-0.2, 0) is 4.79 Å². The number of carbonyl (C=O) groups excluding carboxylic acids is 1. The third-order valence-corrected chi connectivity index (χ3v) is 5.62. The summed E-state index contributed by atoms with van der Waals surface area (Å²) in [6, 6.07) is 10.1. The van der Waals surface area contributed by atoms with E-state index in [4.69, 9.17) is 0 Å². The van der Waals surface area contributed by atoms with Crippen molar-refractivity contribution < 1.29 is 4.79 Å². The number of aryl methyl sites for hydroxylation is 1. The Morgan fingerprint density at radius 1 is 1.32 bits per heavy atom. The maximum Gasteiger partial charge on any atom is 0.236 e. The maximum atomic E-state index is 12.2. The number of aromatic nitrogens is 4. The molecule has 1 amide bonds. The van der Waals surface area contributed by atoms with E-state index in [1.807, 2.05) is 42.6 Å². The number of amides is 1. The minimum atomic E-state index is -0.0880. The SMILES string of the molecule is Cc1csc(NC(=O)CSc2nnc(C3CC3)n2-c2ccccc2)n1. The van der Waals surface area contributed by atoms with Crippen LogP contribution in [-0.4, -0.2) is 31.4 Å². The van der Waals surface area contributed by atoms with Crippen molar-refractivity contribution >= 4 is 34.1 Å². The fourth-order valence-electron chi connectivity index (χ4n) is 2.50. The number of para-hydroxylation sites is 1. The molecule has 0 radical (unpaired) electrons. The molecule has 25 heavy (non-hydrogen) atoms. The number of nitrogens with zero attached hydrogens (tertiary/aromatic N) is 4. The summed E-state index contributed by atoms with van der Waals surface area (Å²) in [4.78, 5) is 16.4. The number of carbonyl (C=O) groups is 1. The predicted molar refractivity (Wildman–Crippen MR) is 99.5 cm³/mol. The number of thioether (sulfide) groups is 1. The van der Waals surface area contributed by atoms with Crippen LogP contribution in [0.25, 0.3) is 5.69 Å². The number of hydrogen-bond acceptors (Lipinski definition) is 6. The van der Waals surface area contributed by atoms with E-state index in [1.165, 1.54) is 23.1 Å². The van der Waals surface area contributed by atoms with Crippen molar-refractivity contribution in [1.82, 2.24) is 19.7 Å². The second kappa shape index (κ2) is 6.97. The van der Waals surface area contributed by atoms with E-state index in [9.17, 15) is 4.79 Å². The summed E-state index contributed by atoms with van der Waals surface area (Å²) in [5.41, 5.74) is 1.94. The number of rotatable bonds is 6. The van der Waals surface area contributed by atoms with Crippen LogP contribution in [0.2, 0.25) is 0 Å². The first-order chi connectivity index (χ1) is 12.2. The number of thiazole rings is 1. The third kappa shape index (κ3) is 3.74. The zero-order valence-corrected chi connectivity index (χ0v) is 15.3. The second-order valence-corrected chi connectivity index (χ2v) is 7.72. The van der Waals surface area contributed by atoms with E-state index < -0.39 is 0 Å². The van der Waals surface area contributed by atoms with Crippen LogP contribution in [0, 0.1) is 6.92 Å². The van der Waals surface area contributed by atoms with Crippen molar-refractivity contribution in [3.8, 4) is 5.69 Å². The largest absolute Gasteiger partial charge is 0.301 e. The molecule has 3 aromatic rings. The molecule has 1 N–H and O–H groups in total. The van der Waals surface area contributed by atoms with Crippen LogP contribution in [0.15, 0.2) is 40.9 Å². The quantitative estimate of drug-likeness (QED) is 0.670. The summed E-state index contributed by atoms with van der Waals surface area (Å²) >= 11 is 2.83. The Morgan fingerprint density at radius 2 is 2.12 bits per heavy atom. The van der Waals surface area contributed by atoms with Gasteiger partial charge >= 0.3 is 0 Å². The molecule has 1 aromatic carbocycles. The summed E-state index contributed by atoms with van der Waals surface area (Å²) < 4.78 is 2.07. The topological polar surface area (TPSA) is 72.7 Å². The summed E-state index contributed by atoms with van der Waals surface area (Å²) in [7, 11) is 0. The van der Waals surface area contributed by atoms with Crippen LogP contribution >= 0.6 is 23.1 Å². The van der Waals surface area contributed by atoms with Crippen LogP contribution in [0.3, 0.4) is 0 Å². The molecule has 0 saturated heterocycles. The van der Waals surface area contributed by atoms with E-state index in [1.54, 1.807) is 0 Å². The van der Waals surface area contributed by atoms with Gasteiger partial charge in [0.1, 0.15) is 5.82 Å². The van der Waals surface area contributed by atoms with Gasteiger partial charge in [-0.1, -0.05) is 30.0 Å². The van der Waals surface area contributed by atoms with Gasteiger partial charge in [-0.15, -0.1) is 21.5 Å². The Labute approximate surface area is 153 Å². The molecule has 1 fully saturated rings. The average molecular weight is 371 g/mol. The fraction of sp³-hybridized carbons (Fsp3) is 0.294. The Morgan fingerprint density at radius 3 is 2.80 bits per heavy atom. The first kappa shape index (κ1) is 16.3. The van der Waals surface area contributed by atoms with Crippen molar-refractivity contribution in [3.63, 3.8) is 0 Å². The van der Waals surface area contributed by atoms with E-state index >= 15 is 0 Å². The Balaban J connectivity index is 1.50. The van der Waals surface area contributed by atoms with Gasteiger partial charge in [0.05, 0.1) is 11.4 Å². The van der Waals surface area contributed by atoms with Crippen molar-refractivity contribution in [2.75, 3.05) is 11.1 Å². The van der Waals surface area contributed by atoms with Gasteiger partial charge in [0, 0.05) is 17.0 Å². The van der Waals surface area contributed by atoms with E-state index in [0.717, 1.165) is 35.2 Å². The maximum absolute atomic E-state index is 12.2. The van der Waals surface area contributed by atoms with Gasteiger partial charge in [-0.05, 0) is 31.9 Å². The standard InChI is InChI=1S/C17H17N5OS2/c1-11-9-24-16(18-11)19-14(23)10-25-17-21-20-15(12-7-8-12)22(17)13-5-3-2-4-6-13/h2-6,9,12H,7-8,10H2,1H3,(H,18,19,23). The lowest BCUT2D eigenvalue weighted by Crippen LogP contribution is -2.14. The van der Waals surface area contributed by atoms with Crippen LogP contribution in [0.5, 0.6) is 0 Å². The smallest absolute Gasteiger partial charge is 0.236 e. The Hall–Kier alpha value is -2.19. The molecule has 2 heterocycles. The van der Waals surface area contributed by atoms with Gasteiger partial charge in [0.25, 0.3) is 0 Å². The molecule has 0 unspecified atom stereocenters. The lowest BCUT2D eigenvalue weighted by molar-refractivity contribution is -0.113. The van der Waals surface area contributed by atoms with Crippen molar-refractivity contribution in [2.45, 2.75) is 30.8 Å². The summed E-state index contributed by atoms with van der Waals surface area (Å²) in [6.45, 7) is 1.91. The Kier molecular flexibility index (Phi) is 4.54. The summed E-state index contributed by atoms with van der Waals surface area (Å²) in [5, 5.41) is 14.8. The number of nitrogens with one attached hydrogen (secondary N) is 1. The van der Waals surface area contributed by atoms with Gasteiger partial charge in [-0.3, -0.25) is 9.36 Å². The monoisotopic (exact) mass is 371 g/mol. The highest BCUT2D eigenvalue weighted by molar-refractivity contribution is 7.99. The van der Waals surface area contributed by atoms with Gasteiger partial charge < -0.3 is 5.32 Å². The number of anilines is 1. The molecular formula is C17H17N5OS2. The fourth-order valence-corrected chi connectivity index (χ4v) is 3.96. The molecule has 128 valence electrons. The van der Waals surface area contributed by atoms with Crippen molar-refractivity contribution in [2.24, 2.45) is 0 Å². The molecule has 1 aliphatic rings. The molecule has 0 aliphatic heterocycles. The summed E-state index contributed by atoms with van der Waals surface area (Å²) in [5.74, 6) is 1.66. The van der Waals surface area contributed by atoms with Crippen LogP contribution in [0.1, 0.15) is 30.3 Å². The van der Waals surface area contributed by atoms with Gasteiger partial charge in [-0.2, -0.15) is 0 Å². The number of hydrogen-bond donors (Lipinski definition) is 1. The van der Waals surface area contributed by atoms with Crippen LogP contribution < -0.4 is 5.32 Å². The molecule has 4 rings (SSSR count). The highest BCUT2D eigenvalue weighted by Crippen LogP contribution is 2.41. The zero-order chi connectivity index (χ0) is 17.2. The molecule has 0 spiro atoms. The predicted octanol–water partition coefficient (Wildman–Crippen LogP) is 3.64. The third-order valence-electron chi connectivity index (χ3n) is 3.81. The molecule has 2 aromatic heterocycles. The van der Waals surface area contributed by atoms with Crippen molar-refractivity contribution in [1.29, 1.82) is 0 Å². The van der Waals surface area contributed by atoms with E-state index in [-0.39, 0.29) is 11.7 Å². The van der Waals surface area contributed by atoms with Gasteiger partial charge in [0.2, 0.25) is 5.91 Å². The molecule has 6 nitrogen and oxygen atoms in total. The van der Waals surface area contributed by atoms with E-state index in [2.05, 4.69) is 25.1 Å². The second-order valence-electron chi connectivity index (χ2n) is 5.92. The molecule has 1 saturated carbocycles.